The highest BCUT2D eigenvalue weighted by atomic mass is 16.5. The van der Waals surface area contributed by atoms with Crippen LogP contribution in [-0.2, 0) is 17.8 Å². The SMILES string of the molecule is CCOc1ccc(CNC(=O)[C@H]2COc3ccc(OC)cc3C2)cc1OC. The first-order chi connectivity index (χ1) is 13.1. The predicted molar refractivity (Wildman–Crippen MR) is 102 cm³/mol. The van der Waals surface area contributed by atoms with E-state index in [1.165, 1.54) is 0 Å². The third kappa shape index (κ3) is 4.45. The van der Waals surface area contributed by atoms with E-state index < -0.39 is 0 Å². The number of methoxy groups -OCH3 is 2. The lowest BCUT2D eigenvalue weighted by Gasteiger charge is -2.25. The van der Waals surface area contributed by atoms with E-state index in [0.717, 1.165) is 22.6 Å². The van der Waals surface area contributed by atoms with Gasteiger partial charge in [-0.2, -0.15) is 0 Å². The molecule has 0 aliphatic carbocycles. The first-order valence-electron chi connectivity index (χ1n) is 9.01. The predicted octanol–water partition coefficient (Wildman–Crippen LogP) is 2.97. The monoisotopic (exact) mass is 371 g/mol. The van der Waals surface area contributed by atoms with Crippen LogP contribution >= 0.6 is 0 Å². The number of hydrogen-bond donors (Lipinski definition) is 1. The summed E-state index contributed by atoms with van der Waals surface area (Å²) in [6.07, 6.45) is 0.630. The van der Waals surface area contributed by atoms with Gasteiger partial charge in [-0.3, -0.25) is 4.79 Å². The summed E-state index contributed by atoms with van der Waals surface area (Å²) in [7, 11) is 3.23. The molecular weight excluding hydrogens is 346 g/mol. The molecule has 0 saturated heterocycles. The van der Waals surface area contributed by atoms with Crippen LogP contribution in [0.3, 0.4) is 0 Å². The van der Waals surface area contributed by atoms with Gasteiger partial charge in [-0.25, -0.2) is 0 Å². The molecule has 2 aromatic carbocycles. The molecule has 144 valence electrons. The fourth-order valence-corrected chi connectivity index (χ4v) is 3.10. The highest BCUT2D eigenvalue weighted by Gasteiger charge is 2.26. The van der Waals surface area contributed by atoms with Crippen LogP contribution in [0.25, 0.3) is 0 Å². The number of benzene rings is 2. The number of carbonyl (C=O) groups excluding carboxylic acids is 1. The molecule has 27 heavy (non-hydrogen) atoms. The average molecular weight is 371 g/mol. The Bertz CT molecular complexity index is 805. The lowest BCUT2D eigenvalue weighted by molar-refractivity contribution is -0.126. The Morgan fingerprint density at radius 3 is 2.74 bits per heavy atom. The lowest BCUT2D eigenvalue weighted by Crippen LogP contribution is -2.37. The zero-order valence-corrected chi connectivity index (χ0v) is 15.9. The molecule has 0 bridgehead atoms. The first-order valence-corrected chi connectivity index (χ1v) is 9.01. The number of fused-ring (bicyclic) bond motifs is 1. The van der Waals surface area contributed by atoms with E-state index in [1.807, 2.05) is 43.3 Å². The van der Waals surface area contributed by atoms with Crippen molar-refractivity contribution in [1.29, 1.82) is 0 Å². The van der Waals surface area contributed by atoms with Crippen molar-refractivity contribution in [2.45, 2.75) is 19.9 Å². The number of nitrogens with one attached hydrogen (secondary N) is 1. The zero-order valence-electron chi connectivity index (χ0n) is 15.9. The second-order valence-corrected chi connectivity index (χ2v) is 6.32. The zero-order chi connectivity index (χ0) is 19.2. The van der Waals surface area contributed by atoms with Crippen LogP contribution in [0.4, 0.5) is 0 Å². The third-order valence-electron chi connectivity index (χ3n) is 4.54. The van der Waals surface area contributed by atoms with Gasteiger partial charge >= 0.3 is 0 Å². The van der Waals surface area contributed by atoms with E-state index in [9.17, 15) is 4.79 Å². The Labute approximate surface area is 159 Å². The molecule has 1 aliphatic heterocycles. The van der Waals surface area contributed by atoms with Crippen molar-refractivity contribution in [3.63, 3.8) is 0 Å². The maximum absolute atomic E-state index is 12.6. The van der Waals surface area contributed by atoms with Crippen molar-refractivity contribution in [2.24, 2.45) is 5.92 Å². The van der Waals surface area contributed by atoms with Gasteiger partial charge in [0, 0.05) is 6.54 Å². The van der Waals surface area contributed by atoms with Gasteiger partial charge in [-0.1, -0.05) is 6.07 Å². The molecule has 1 heterocycles. The number of hydrogen-bond acceptors (Lipinski definition) is 5. The van der Waals surface area contributed by atoms with E-state index >= 15 is 0 Å². The molecule has 6 nitrogen and oxygen atoms in total. The highest BCUT2D eigenvalue weighted by Crippen LogP contribution is 2.31. The number of rotatable bonds is 7. The van der Waals surface area contributed by atoms with Gasteiger partial charge in [0.1, 0.15) is 18.1 Å². The van der Waals surface area contributed by atoms with Crippen molar-refractivity contribution in [3.05, 3.63) is 47.5 Å². The quantitative estimate of drug-likeness (QED) is 0.811. The van der Waals surface area contributed by atoms with Crippen LogP contribution in [0, 0.1) is 5.92 Å². The third-order valence-corrected chi connectivity index (χ3v) is 4.54. The Balaban J connectivity index is 1.61. The molecule has 1 atom stereocenters. The minimum Gasteiger partial charge on any atom is -0.497 e. The molecule has 0 spiro atoms. The fraction of sp³-hybridized carbons (Fsp3) is 0.381. The van der Waals surface area contributed by atoms with E-state index in [2.05, 4.69) is 5.32 Å². The summed E-state index contributed by atoms with van der Waals surface area (Å²) in [6.45, 7) is 3.29. The average Bonchev–Trinajstić information content (AvgIpc) is 2.72. The standard InChI is InChI=1S/C21H25NO5/c1-4-26-19-7-5-14(9-20(19)25-3)12-22-21(23)16-10-15-11-17(24-2)6-8-18(15)27-13-16/h5-9,11,16H,4,10,12-13H2,1-3H3,(H,22,23)/t16-/m1/s1. The molecule has 0 unspecified atom stereocenters. The van der Waals surface area contributed by atoms with E-state index in [-0.39, 0.29) is 11.8 Å². The highest BCUT2D eigenvalue weighted by molar-refractivity contribution is 5.79. The van der Waals surface area contributed by atoms with E-state index in [4.69, 9.17) is 18.9 Å². The second kappa shape index (κ2) is 8.66. The Hall–Kier alpha value is -2.89. The van der Waals surface area contributed by atoms with Crippen LogP contribution in [0.2, 0.25) is 0 Å². The molecule has 1 N–H and O–H groups in total. The fourth-order valence-electron chi connectivity index (χ4n) is 3.10. The molecular formula is C21H25NO5. The second-order valence-electron chi connectivity index (χ2n) is 6.32. The molecule has 3 rings (SSSR count). The van der Waals surface area contributed by atoms with Gasteiger partial charge in [0.05, 0.1) is 26.7 Å². The maximum atomic E-state index is 12.6. The van der Waals surface area contributed by atoms with Gasteiger partial charge in [-0.05, 0) is 54.8 Å². The van der Waals surface area contributed by atoms with Crippen molar-refractivity contribution in [3.8, 4) is 23.0 Å². The Kier molecular flexibility index (Phi) is 6.06. The largest absolute Gasteiger partial charge is 0.497 e. The molecule has 0 saturated carbocycles. The molecule has 0 radical (unpaired) electrons. The van der Waals surface area contributed by atoms with E-state index in [1.54, 1.807) is 14.2 Å². The minimum absolute atomic E-state index is 0.0312. The summed E-state index contributed by atoms with van der Waals surface area (Å²) in [6, 6.07) is 11.3. The van der Waals surface area contributed by atoms with Gasteiger partial charge in [-0.15, -0.1) is 0 Å². The molecule has 2 aromatic rings. The van der Waals surface area contributed by atoms with Crippen LogP contribution in [0.1, 0.15) is 18.1 Å². The molecule has 0 fully saturated rings. The lowest BCUT2D eigenvalue weighted by atomic mass is 9.95. The summed E-state index contributed by atoms with van der Waals surface area (Å²) in [4.78, 5) is 12.6. The topological polar surface area (TPSA) is 66.0 Å². The number of carbonyl (C=O) groups is 1. The van der Waals surface area contributed by atoms with Gasteiger partial charge in [0.25, 0.3) is 0 Å². The number of amides is 1. The van der Waals surface area contributed by atoms with Crippen LogP contribution in [0.15, 0.2) is 36.4 Å². The van der Waals surface area contributed by atoms with Crippen molar-refractivity contribution in [2.75, 3.05) is 27.4 Å². The Morgan fingerprint density at radius 2 is 2.00 bits per heavy atom. The molecule has 1 aliphatic rings. The summed E-state index contributed by atoms with van der Waals surface area (Å²) < 4.78 is 21.9. The Morgan fingerprint density at radius 1 is 1.15 bits per heavy atom. The first kappa shape index (κ1) is 18.9. The van der Waals surface area contributed by atoms with Gasteiger partial charge in [0.15, 0.2) is 11.5 Å². The smallest absolute Gasteiger partial charge is 0.227 e. The maximum Gasteiger partial charge on any atom is 0.227 e. The molecule has 6 heteroatoms. The summed E-state index contributed by atoms with van der Waals surface area (Å²) in [5, 5.41) is 2.98. The van der Waals surface area contributed by atoms with Crippen molar-refractivity contribution < 1.29 is 23.7 Å². The van der Waals surface area contributed by atoms with E-state index in [0.29, 0.717) is 37.7 Å². The van der Waals surface area contributed by atoms with Crippen LogP contribution in [-0.4, -0.2) is 33.3 Å². The summed E-state index contributed by atoms with van der Waals surface area (Å²) in [5.41, 5.74) is 1.94. The van der Waals surface area contributed by atoms with Gasteiger partial charge < -0.3 is 24.3 Å². The number of ether oxygens (including phenoxy) is 4. The van der Waals surface area contributed by atoms with Gasteiger partial charge in [0.2, 0.25) is 5.91 Å². The van der Waals surface area contributed by atoms with Crippen molar-refractivity contribution >= 4 is 5.91 Å². The molecule has 1 amide bonds. The summed E-state index contributed by atoms with van der Waals surface area (Å²) in [5.74, 6) is 2.67. The molecule has 0 aromatic heterocycles. The minimum atomic E-state index is -0.228. The van der Waals surface area contributed by atoms with Crippen molar-refractivity contribution in [1.82, 2.24) is 5.32 Å². The summed E-state index contributed by atoms with van der Waals surface area (Å²) >= 11 is 0. The van der Waals surface area contributed by atoms with Crippen LogP contribution in [0.5, 0.6) is 23.0 Å². The van der Waals surface area contributed by atoms with Crippen LogP contribution < -0.4 is 24.3 Å². The normalized spacial score (nSPS) is 15.3.